The Hall–Kier alpha value is -0.500. The summed E-state index contributed by atoms with van der Waals surface area (Å²) in [6.07, 6.45) is 0. The van der Waals surface area contributed by atoms with Gasteiger partial charge in [0.2, 0.25) is 0 Å². The number of carbonyl (C=O) groups excluding carboxylic acids is 1. The first-order chi connectivity index (χ1) is 6.93. The molecule has 0 aromatic heterocycles. The Morgan fingerprint density at radius 2 is 2.20 bits per heavy atom. The average molecular weight is 384 g/mol. The van der Waals surface area contributed by atoms with Crippen molar-refractivity contribution in [2.75, 3.05) is 0 Å². The van der Waals surface area contributed by atoms with Crippen LogP contribution in [0.3, 0.4) is 0 Å². The zero-order valence-corrected chi connectivity index (χ0v) is 11.5. The van der Waals surface area contributed by atoms with Gasteiger partial charge in [-0.1, -0.05) is 15.9 Å². The molecular weight excluding hydrogens is 377 g/mol. The molecule has 0 spiro atoms. The molecule has 0 aliphatic heterocycles. The Morgan fingerprint density at radius 3 is 2.60 bits per heavy atom. The van der Waals surface area contributed by atoms with Gasteiger partial charge in [0, 0.05) is 21.3 Å². The maximum absolute atomic E-state index is 11.6. The number of Topliss-reactive ketones (excluding diaryl/α,β-unsaturated/α-hetero) is 1. The Labute approximate surface area is 108 Å². The molecule has 0 N–H and O–H groups in total. The SMILES string of the molecule is CC(Br)C(=O)c1ccc([N+](=O)[O-])cc1I. The lowest BCUT2D eigenvalue weighted by molar-refractivity contribution is -0.384. The van der Waals surface area contributed by atoms with E-state index in [4.69, 9.17) is 0 Å². The quantitative estimate of drug-likeness (QED) is 0.265. The summed E-state index contributed by atoms with van der Waals surface area (Å²) in [5, 5.41) is 10.5. The Balaban J connectivity index is 3.14. The molecule has 1 aromatic rings. The number of rotatable bonds is 3. The van der Waals surface area contributed by atoms with E-state index in [1.807, 2.05) is 22.6 Å². The maximum Gasteiger partial charge on any atom is 0.270 e. The molecule has 0 saturated heterocycles. The summed E-state index contributed by atoms with van der Waals surface area (Å²) in [5.74, 6) is -0.0747. The normalized spacial score (nSPS) is 12.2. The first-order valence-corrected chi connectivity index (χ1v) is 6.05. The van der Waals surface area contributed by atoms with Crippen LogP contribution in [0.15, 0.2) is 18.2 Å². The smallest absolute Gasteiger partial charge is 0.270 e. The zero-order valence-electron chi connectivity index (χ0n) is 7.74. The number of nitrogens with zero attached hydrogens (tertiary/aromatic N) is 1. The Morgan fingerprint density at radius 1 is 1.60 bits per heavy atom. The van der Waals surface area contributed by atoms with E-state index in [1.165, 1.54) is 18.2 Å². The first-order valence-electron chi connectivity index (χ1n) is 4.05. The predicted octanol–water partition coefficient (Wildman–Crippen LogP) is 3.17. The van der Waals surface area contributed by atoms with Gasteiger partial charge in [-0.15, -0.1) is 0 Å². The van der Waals surface area contributed by atoms with E-state index >= 15 is 0 Å². The van der Waals surface area contributed by atoms with Crippen molar-refractivity contribution in [1.82, 2.24) is 0 Å². The first kappa shape index (κ1) is 12.6. The summed E-state index contributed by atoms with van der Waals surface area (Å²) in [6.45, 7) is 1.72. The van der Waals surface area contributed by atoms with Crippen LogP contribution in [0.1, 0.15) is 17.3 Å². The maximum atomic E-state index is 11.6. The van der Waals surface area contributed by atoms with Crippen LogP contribution in [0.2, 0.25) is 0 Å². The Bertz CT molecular complexity index is 420. The molecule has 1 aromatic carbocycles. The van der Waals surface area contributed by atoms with E-state index < -0.39 is 4.92 Å². The van der Waals surface area contributed by atoms with Gasteiger partial charge in [0.15, 0.2) is 5.78 Å². The molecule has 0 heterocycles. The molecule has 0 amide bonds. The van der Waals surface area contributed by atoms with Gasteiger partial charge in [0.1, 0.15) is 0 Å². The van der Waals surface area contributed by atoms with Crippen molar-refractivity contribution in [3.63, 3.8) is 0 Å². The third-order valence-electron chi connectivity index (χ3n) is 1.79. The fourth-order valence-electron chi connectivity index (χ4n) is 1.03. The van der Waals surface area contributed by atoms with Crippen molar-refractivity contribution >= 4 is 50.0 Å². The van der Waals surface area contributed by atoms with Crippen molar-refractivity contribution < 1.29 is 9.72 Å². The number of alkyl halides is 1. The summed E-state index contributed by atoms with van der Waals surface area (Å²) in [7, 11) is 0. The summed E-state index contributed by atoms with van der Waals surface area (Å²) in [6, 6.07) is 4.22. The number of halogens is 2. The lowest BCUT2D eigenvalue weighted by Gasteiger charge is -2.04. The van der Waals surface area contributed by atoms with Crippen LogP contribution >= 0.6 is 38.5 Å². The van der Waals surface area contributed by atoms with E-state index in [2.05, 4.69) is 15.9 Å². The highest BCUT2D eigenvalue weighted by Gasteiger charge is 2.17. The zero-order chi connectivity index (χ0) is 11.6. The number of hydrogen-bond acceptors (Lipinski definition) is 3. The van der Waals surface area contributed by atoms with Gasteiger partial charge < -0.3 is 0 Å². The van der Waals surface area contributed by atoms with Crippen molar-refractivity contribution in [2.24, 2.45) is 0 Å². The van der Waals surface area contributed by atoms with E-state index in [-0.39, 0.29) is 16.3 Å². The number of hydrogen-bond donors (Lipinski definition) is 0. The monoisotopic (exact) mass is 383 g/mol. The van der Waals surface area contributed by atoms with Crippen molar-refractivity contribution in [3.8, 4) is 0 Å². The third kappa shape index (κ3) is 2.97. The van der Waals surface area contributed by atoms with Crippen LogP contribution in [-0.4, -0.2) is 15.5 Å². The molecule has 15 heavy (non-hydrogen) atoms. The second-order valence-corrected chi connectivity index (χ2v) is 5.44. The topological polar surface area (TPSA) is 60.2 Å². The van der Waals surface area contributed by atoms with Crippen LogP contribution in [0.25, 0.3) is 0 Å². The second kappa shape index (κ2) is 5.02. The summed E-state index contributed by atoms with van der Waals surface area (Å²) in [5.41, 5.74) is 0.503. The van der Waals surface area contributed by atoms with Crippen molar-refractivity contribution in [3.05, 3.63) is 37.4 Å². The van der Waals surface area contributed by atoms with Gasteiger partial charge in [-0.05, 0) is 35.6 Å². The standard InChI is InChI=1S/C9H7BrINO3/c1-5(10)9(13)7-3-2-6(12(14)15)4-8(7)11/h2-5H,1H3. The highest BCUT2D eigenvalue weighted by molar-refractivity contribution is 14.1. The summed E-state index contributed by atoms with van der Waals surface area (Å²) in [4.78, 5) is 21.3. The predicted molar refractivity (Wildman–Crippen MR) is 68.5 cm³/mol. The van der Waals surface area contributed by atoms with Crippen LogP contribution < -0.4 is 0 Å². The molecule has 4 nitrogen and oxygen atoms in total. The molecule has 0 fully saturated rings. The van der Waals surface area contributed by atoms with Crippen molar-refractivity contribution in [2.45, 2.75) is 11.8 Å². The molecule has 6 heteroatoms. The lowest BCUT2D eigenvalue weighted by Crippen LogP contribution is -2.11. The molecule has 0 bridgehead atoms. The number of nitro groups is 1. The van der Waals surface area contributed by atoms with Gasteiger partial charge >= 0.3 is 0 Å². The lowest BCUT2D eigenvalue weighted by atomic mass is 10.1. The number of ketones is 1. The molecule has 1 unspecified atom stereocenters. The van der Waals surface area contributed by atoms with Crippen LogP contribution in [0.4, 0.5) is 5.69 Å². The van der Waals surface area contributed by atoms with Crippen LogP contribution in [0, 0.1) is 13.7 Å². The minimum atomic E-state index is -0.478. The van der Waals surface area contributed by atoms with Gasteiger partial charge in [-0.2, -0.15) is 0 Å². The Kier molecular flexibility index (Phi) is 4.21. The van der Waals surface area contributed by atoms with Crippen molar-refractivity contribution in [1.29, 1.82) is 0 Å². The van der Waals surface area contributed by atoms with Crippen LogP contribution in [0.5, 0.6) is 0 Å². The van der Waals surface area contributed by atoms with Gasteiger partial charge in [0.05, 0.1) is 9.75 Å². The van der Waals surface area contributed by atoms with Gasteiger partial charge in [-0.25, -0.2) is 0 Å². The van der Waals surface area contributed by atoms with E-state index in [0.29, 0.717) is 9.13 Å². The number of nitro benzene ring substituents is 1. The highest BCUT2D eigenvalue weighted by atomic mass is 127. The number of benzene rings is 1. The van der Waals surface area contributed by atoms with Crippen LogP contribution in [-0.2, 0) is 0 Å². The second-order valence-electron chi connectivity index (χ2n) is 2.90. The van der Waals surface area contributed by atoms with Gasteiger partial charge in [0.25, 0.3) is 5.69 Å². The minimum Gasteiger partial charge on any atom is -0.293 e. The average Bonchev–Trinajstić information content (AvgIpc) is 2.16. The summed E-state index contributed by atoms with van der Waals surface area (Å²) >= 11 is 5.09. The fourth-order valence-corrected chi connectivity index (χ4v) is 2.04. The molecule has 1 atom stereocenters. The largest absolute Gasteiger partial charge is 0.293 e. The summed E-state index contributed by atoms with van der Waals surface area (Å²) < 4.78 is 0.595. The molecule has 0 aliphatic rings. The molecule has 0 aliphatic carbocycles. The minimum absolute atomic E-state index is 0.00169. The van der Waals surface area contributed by atoms with E-state index in [1.54, 1.807) is 6.92 Å². The number of carbonyl (C=O) groups is 1. The fraction of sp³-hybridized carbons (Fsp3) is 0.222. The van der Waals surface area contributed by atoms with E-state index in [0.717, 1.165) is 0 Å². The van der Waals surface area contributed by atoms with Gasteiger partial charge in [-0.3, -0.25) is 14.9 Å². The van der Waals surface area contributed by atoms with E-state index in [9.17, 15) is 14.9 Å². The molecule has 0 saturated carbocycles. The molecule has 1 rings (SSSR count). The molecule has 0 radical (unpaired) electrons. The molecule has 80 valence electrons. The number of non-ortho nitro benzene ring substituents is 1. The third-order valence-corrected chi connectivity index (χ3v) is 3.10. The molecular formula is C9H7BrINO3. The highest BCUT2D eigenvalue weighted by Crippen LogP contribution is 2.22.